The van der Waals surface area contributed by atoms with E-state index in [1.807, 2.05) is 18.2 Å². The second kappa shape index (κ2) is 4.46. The number of ether oxygens (including phenoxy) is 1. The molecule has 1 aliphatic rings. The molecule has 0 spiro atoms. The van der Waals surface area contributed by atoms with Crippen molar-refractivity contribution in [3.63, 3.8) is 0 Å². The Kier molecular flexibility index (Phi) is 2.80. The largest absolute Gasteiger partial charge is 0.496 e. The van der Waals surface area contributed by atoms with Crippen LogP contribution in [-0.4, -0.2) is 30.5 Å². The summed E-state index contributed by atoms with van der Waals surface area (Å²) in [6.07, 6.45) is 3.77. The summed E-state index contributed by atoms with van der Waals surface area (Å²) in [7, 11) is 1.63. The summed E-state index contributed by atoms with van der Waals surface area (Å²) in [6, 6.07) is 5.71. The lowest BCUT2D eigenvalue weighted by atomic mass is 10.0. The fraction of sp³-hybridized carbons (Fsp3) is 0.357. The highest BCUT2D eigenvalue weighted by Gasteiger charge is 2.26. The van der Waals surface area contributed by atoms with Gasteiger partial charge in [-0.1, -0.05) is 6.07 Å². The predicted molar refractivity (Wildman–Crippen MR) is 70.2 cm³/mol. The van der Waals surface area contributed by atoms with Gasteiger partial charge in [-0.3, -0.25) is 4.79 Å². The van der Waals surface area contributed by atoms with Crippen molar-refractivity contribution in [3.8, 4) is 5.75 Å². The molecule has 1 saturated heterocycles. The average Bonchev–Trinajstić information content (AvgIpc) is 3.06. The van der Waals surface area contributed by atoms with Gasteiger partial charge >= 0.3 is 0 Å². The molecule has 0 saturated carbocycles. The molecule has 0 aliphatic carbocycles. The minimum Gasteiger partial charge on any atom is -0.496 e. The molecule has 2 aromatic rings. The van der Waals surface area contributed by atoms with Crippen LogP contribution >= 0.6 is 0 Å². The van der Waals surface area contributed by atoms with Crippen molar-refractivity contribution in [2.45, 2.75) is 18.9 Å². The van der Waals surface area contributed by atoms with Gasteiger partial charge in [-0.05, 0) is 31.5 Å². The number of rotatable bonds is 3. The van der Waals surface area contributed by atoms with Crippen LogP contribution in [0.3, 0.4) is 0 Å². The van der Waals surface area contributed by atoms with Gasteiger partial charge < -0.3 is 15.0 Å². The fourth-order valence-electron chi connectivity index (χ4n) is 2.61. The smallest absolute Gasteiger partial charge is 0.182 e. The van der Waals surface area contributed by atoms with Gasteiger partial charge in [-0.25, -0.2) is 0 Å². The second-order valence-corrected chi connectivity index (χ2v) is 4.60. The third-order valence-electron chi connectivity index (χ3n) is 3.53. The first-order valence-electron chi connectivity index (χ1n) is 6.23. The Hall–Kier alpha value is -1.81. The standard InChI is InChI=1S/C14H16N2O2/c1-18-12-6-2-4-10-13(12)9(8-16-10)14(17)11-5-3-7-15-11/h2,4,6,8,11,15-16H,3,5,7H2,1H3. The minimum atomic E-state index is -0.0473. The number of ketones is 1. The number of nitrogens with one attached hydrogen (secondary N) is 2. The zero-order chi connectivity index (χ0) is 12.5. The Morgan fingerprint density at radius 3 is 3.06 bits per heavy atom. The maximum Gasteiger partial charge on any atom is 0.182 e. The van der Waals surface area contributed by atoms with E-state index in [1.54, 1.807) is 13.3 Å². The Balaban J connectivity index is 2.08. The van der Waals surface area contributed by atoms with Gasteiger partial charge in [0.15, 0.2) is 5.78 Å². The lowest BCUT2D eigenvalue weighted by Crippen LogP contribution is -2.30. The van der Waals surface area contributed by atoms with Crippen molar-refractivity contribution < 1.29 is 9.53 Å². The van der Waals surface area contributed by atoms with Crippen molar-refractivity contribution in [1.82, 2.24) is 10.3 Å². The second-order valence-electron chi connectivity index (χ2n) is 4.60. The number of carbonyl (C=O) groups is 1. The summed E-state index contributed by atoms with van der Waals surface area (Å²) in [4.78, 5) is 15.6. The number of Topliss-reactive ketones (excluding diaryl/α,β-unsaturated/α-hetero) is 1. The van der Waals surface area contributed by atoms with E-state index in [1.165, 1.54) is 0 Å². The van der Waals surface area contributed by atoms with Gasteiger partial charge in [0.25, 0.3) is 0 Å². The fourth-order valence-corrected chi connectivity index (χ4v) is 2.61. The molecule has 1 fully saturated rings. The Bertz CT molecular complexity index is 582. The van der Waals surface area contributed by atoms with E-state index in [9.17, 15) is 4.79 Å². The summed E-state index contributed by atoms with van der Waals surface area (Å²) in [5.41, 5.74) is 1.66. The molecular formula is C14H16N2O2. The van der Waals surface area contributed by atoms with Gasteiger partial charge in [-0.2, -0.15) is 0 Å². The highest BCUT2D eigenvalue weighted by Crippen LogP contribution is 2.30. The van der Waals surface area contributed by atoms with Crippen molar-refractivity contribution in [3.05, 3.63) is 30.0 Å². The molecule has 1 aromatic heterocycles. The average molecular weight is 244 g/mol. The maximum atomic E-state index is 12.5. The monoisotopic (exact) mass is 244 g/mol. The predicted octanol–water partition coefficient (Wildman–Crippen LogP) is 2.11. The van der Waals surface area contributed by atoms with E-state index in [0.717, 1.165) is 41.6 Å². The lowest BCUT2D eigenvalue weighted by molar-refractivity contribution is 0.0954. The SMILES string of the molecule is COc1cccc2[nH]cc(C(=O)C3CCCN3)c12. The Morgan fingerprint density at radius 1 is 1.44 bits per heavy atom. The van der Waals surface area contributed by atoms with Crippen LogP contribution in [0.1, 0.15) is 23.2 Å². The van der Waals surface area contributed by atoms with Gasteiger partial charge in [0.1, 0.15) is 5.75 Å². The van der Waals surface area contributed by atoms with Gasteiger partial charge in [0.05, 0.1) is 18.5 Å². The third kappa shape index (κ3) is 1.69. The van der Waals surface area contributed by atoms with E-state index in [4.69, 9.17) is 4.74 Å². The molecule has 1 unspecified atom stereocenters. The van der Waals surface area contributed by atoms with Gasteiger partial charge in [-0.15, -0.1) is 0 Å². The summed E-state index contributed by atoms with van der Waals surface area (Å²) < 4.78 is 5.35. The van der Waals surface area contributed by atoms with E-state index < -0.39 is 0 Å². The number of H-pyrrole nitrogens is 1. The molecule has 2 N–H and O–H groups in total. The number of aromatic nitrogens is 1. The summed E-state index contributed by atoms with van der Waals surface area (Å²) in [6.45, 7) is 0.926. The van der Waals surface area contributed by atoms with Crippen molar-refractivity contribution >= 4 is 16.7 Å². The van der Waals surface area contributed by atoms with Gasteiger partial charge in [0, 0.05) is 17.3 Å². The molecule has 18 heavy (non-hydrogen) atoms. The quantitative estimate of drug-likeness (QED) is 0.813. The van der Waals surface area contributed by atoms with Crippen molar-refractivity contribution in [2.24, 2.45) is 0 Å². The number of aromatic amines is 1. The van der Waals surface area contributed by atoms with E-state index in [0.29, 0.717) is 0 Å². The molecule has 1 aliphatic heterocycles. The normalized spacial score (nSPS) is 19.3. The number of fused-ring (bicyclic) bond motifs is 1. The van der Waals surface area contributed by atoms with Crippen LogP contribution < -0.4 is 10.1 Å². The number of benzene rings is 1. The van der Waals surface area contributed by atoms with Crippen LogP contribution in [0.15, 0.2) is 24.4 Å². The van der Waals surface area contributed by atoms with Crippen LogP contribution in [0.5, 0.6) is 5.75 Å². The summed E-state index contributed by atoms with van der Waals surface area (Å²) >= 11 is 0. The molecule has 3 rings (SSSR count). The summed E-state index contributed by atoms with van der Waals surface area (Å²) in [5.74, 6) is 0.901. The van der Waals surface area contributed by atoms with E-state index in [2.05, 4.69) is 10.3 Å². The molecule has 1 aromatic carbocycles. The molecule has 1 atom stereocenters. The van der Waals surface area contributed by atoms with Crippen LogP contribution in [0, 0.1) is 0 Å². The Labute approximate surface area is 105 Å². The number of hydrogen-bond donors (Lipinski definition) is 2. The highest BCUT2D eigenvalue weighted by molar-refractivity contribution is 6.12. The first kappa shape index (κ1) is 11.3. The van der Waals surface area contributed by atoms with Crippen molar-refractivity contribution in [2.75, 3.05) is 13.7 Å². The lowest BCUT2D eigenvalue weighted by Gasteiger charge is -2.09. The Morgan fingerprint density at radius 2 is 2.33 bits per heavy atom. The van der Waals surface area contributed by atoms with Crippen LogP contribution in [0.4, 0.5) is 0 Å². The minimum absolute atomic E-state index is 0.0473. The number of methoxy groups -OCH3 is 1. The molecule has 4 heteroatoms. The third-order valence-corrected chi connectivity index (χ3v) is 3.53. The van der Waals surface area contributed by atoms with E-state index in [-0.39, 0.29) is 11.8 Å². The molecule has 2 heterocycles. The van der Waals surface area contributed by atoms with E-state index >= 15 is 0 Å². The number of hydrogen-bond acceptors (Lipinski definition) is 3. The zero-order valence-electron chi connectivity index (χ0n) is 10.3. The molecule has 0 amide bonds. The van der Waals surface area contributed by atoms with Crippen LogP contribution in [-0.2, 0) is 0 Å². The molecule has 0 radical (unpaired) electrons. The van der Waals surface area contributed by atoms with Crippen LogP contribution in [0.2, 0.25) is 0 Å². The number of carbonyl (C=O) groups excluding carboxylic acids is 1. The highest BCUT2D eigenvalue weighted by atomic mass is 16.5. The first-order chi connectivity index (χ1) is 8.81. The summed E-state index contributed by atoms with van der Waals surface area (Å²) in [5, 5.41) is 4.13. The topological polar surface area (TPSA) is 54.1 Å². The molecular weight excluding hydrogens is 228 g/mol. The first-order valence-corrected chi connectivity index (χ1v) is 6.23. The van der Waals surface area contributed by atoms with Gasteiger partial charge in [0.2, 0.25) is 0 Å². The molecule has 0 bridgehead atoms. The molecule has 4 nitrogen and oxygen atoms in total. The molecule has 94 valence electrons. The zero-order valence-corrected chi connectivity index (χ0v) is 10.3. The van der Waals surface area contributed by atoms with Crippen molar-refractivity contribution in [1.29, 1.82) is 0 Å². The van der Waals surface area contributed by atoms with Crippen LogP contribution in [0.25, 0.3) is 10.9 Å². The maximum absolute atomic E-state index is 12.5.